The van der Waals surface area contributed by atoms with E-state index in [1.165, 1.54) is 0 Å². The summed E-state index contributed by atoms with van der Waals surface area (Å²) >= 11 is 0. The second-order valence-corrected chi connectivity index (χ2v) is 6.20. The van der Waals surface area contributed by atoms with Crippen molar-refractivity contribution in [1.82, 2.24) is 10.2 Å². The van der Waals surface area contributed by atoms with Crippen LogP contribution < -0.4 is 10.1 Å². The zero-order chi connectivity index (χ0) is 16.7. The largest absolute Gasteiger partial charge is 0.494 e. The summed E-state index contributed by atoms with van der Waals surface area (Å²) in [6.07, 6.45) is 3.43. The highest BCUT2D eigenvalue weighted by molar-refractivity contribution is 5.73. The predicted molar refractivity (Wildman–Crippen MR) is 90.7 cm³/mol. The second kappa shape index (κ2) is 8.77. The van der Waals surface area contributed by atoms with Gasteiger partial charge in [-0.05, 0) is 43.9 Å². The first-order chi connectivity index (χ1) is 11.1. The second-order valence-electron chi connectivity index (χ2n) is 6.20. The molecule has 2 amide bonds. The molecular formula is C18H28N2O3. The zero-order valence-electron chi connectivity index (χ0n) is 14.1. The molecule has 1 aliphatic carbocycles. The Morgan fingerprint density at radius 3 is 2.96 bits per heavy atom. The molecular weight excluding hydrogens is 292 g/mol. The molecule has 2 rings (SSSR count). The van der Waals surface area contributed by atoms with E-state index in [2.05, 4.69) is 5.32 Å². The van der Waals surface area contributed by atoms with E-state index < -0.39 is 0 Å². The van der Waals surface area contributed by atoms with Gasteiger partial charge < -0.3 is 20.1 Å². The summed E-state index contributed by atoms with van der Waals surface area (Å²) in [4.78, 5) is 13.8. The van der Waals surface area contributed by atoms with Crippen LogP contribution in [0.1, 0.15) is 31.7 Å². The minimum Gasteiger partial charge on any atom is -0.494 e. The van der Waals surface area contributed by atoms with Gasteiger partial charge in [0.25, 0.3) is 0 Å². The van der Waals surface area contributed by atoms with E-state index in [1.54, 1.807) is 11.9 Å². The fraction of sp³-hybridized carbons (Fsp3) is 0.611. The van der Waals surface area contributed by atoms with Gasteiger partial charge in [-0.1, -0.05) is 18.6 Å². The molecule has 0 heterocycles. The molecule has 0 bridgehead atoms. The lowest BCUT2D eigenvalue weighted by Crippen LogP contribution is -2.41. The molecule has 0 saturated heterocycles. The fourth-order valence-corrected chi connectivity index (χ4v) is 3.07. The van der Waals surface area contributed by atoms with Crippen LogP contribution in [0.15, 0.2) is 24.3 Å². The average molecular weight is 320 g/mol. The number of amides is 2. The summed E-state index contributed by atoms with van der Waals surface area (Å²) in [6, 6.07) is 7.87. The SMILES string of the molecule is CCOc1cccc(CCNC(=O)N(C)CC2CCCC2O)c1. The molecule has 0 spiro atoms. The Morgan fingerprint density at radius 1 is 1.43 bits per heavy atom. The first-order valence-electron chi connectivity index (χ1n) is 8.49. The first kappa shape index (κ1) is 17.6. The van der Waals surface area contributed by atoms with Crippen molar-refractivity contribution in [3.05, 3.63) is 29.8 Å². The lowest BCUT2D eigenvalue weighted by molar-refractivity contribution is 0.114. The molecule has 128 valence electrons. The fourth-order valence-electron chi connectivity index (χ4n) is 3.07. The van der Waals surface area contributed by atoms with Gasteiger partial charge in [-0.25, -0.2) is 4.79 Å². The maximum absolute atomic E-state index is 12.1. The van der Waals surface area contributed by atoms with Crippen molar-refractivity contribution in [2.75, 3.05) is 26.7 Å². The van der Waals surface area contributed by atoms with Gasteiger partial charge in [0.1, 0.15) is 5.75 Å². The lowest BCUT2D eigenvalue weighted by atomic mass is 10.1. The molecule has 0 aliphatic heterocycles. The number of urea groups is 1. The Labute approximate surface area is 138 Å². The number of benzene rings is 1. The molecule has 23 heavy (non-hydrogen) atoms. The quantitative estimate of drug-likeness (QED) is 0.811. The number of carbonyl (C=O) groups is 1. The number of rotatable bonds is 7. The number of aliphatic hydroxyl groups is 1. The van der Waals surface area contributed by atoms with Crippen molar-refractivity contribution < 1.29 is 14.6 Å². The number of aliphatic hydroxyl groups excluding tert-OH is 1. The Morgan fingerprint density at radius 2 is 2.26 bits per heavy atom. The van der Waals surface area contributed by atoms with E-state index in [1.807, 2.05) is 31.2 Å². The van der Waals surface area contributed by atoms with Crippen LogP contribution in [0.2, 0.25) is 0 Å². The van der Waals surface area contributed by atoms with E-state index in [0.717, 1.165) is 37.0 Å². The van der Waals surface area contributed by atoms with Crippen molar-refractivity contribution in [3.63, 3.8) is 0 Å². The molecule has 1 aromatic carbocycles. The summed E-state index contributed by atoms with van der Waals surface area (Å²) < 4.78 is 5.48. The van der Waals surface area contributed by atoms with Gasteiger partial charge in [-0.15, -0.1) is 0 Å². The maximum Gasteiger partial charge on any atom is 0.317 e. The molecule has 1 aliphatic rings. The van der Waals surface area contributed by atoms with Crippen molar-refractivity contribution in [2.45, 2.75) is 38.7 Å². The molecule has 2 N–H and O–H groups in total. The highest BCUT2D eigenvalue weighted by Gasteiger charge is 2.27. The Bertz CT molecular complexity index is 507. The monoisotopic (exact) mass is 320 g/mol. The Kier molecular flexibility index (Phi) is 6.71. The van der Waals surface area contributed by atoms with Crippen LogP contribution in [0.3, 0.4) is 0 Å². The van der Waals surface area contributed by atoms with Crippen LogP contribution in [-0.4, -0.2) is 48.9 Å². The minimum atomic E-state index is -0.258. The van der Waals surface area contributed by atoms with E-state index in [0.29, 0.717) is 19.7 Å². The van der Waals surface area contributed by atoms with Crippen LogP contribution >= 0.6 is 0 Å². The summed E-state index contributed by atoms with van der Waals surface area (Å²) in [5.74, 6) is 1.08. The minimum absolute atomic E-state index is 0.0786. The maximum atomic E-state index is 12.1. The van der Waals surface area contributed by atoms with Crippen molar-refractivity contribution in [1.29, 1.82) is 0 Å². The Balaban J connectivity index is 1.72. The van der Waals surface area contributed by atoms with Gasteiger partial charge in [0.05, 0.1) is 12.7 Å². The molecule has 1 fully saturated rings. The van der Waals surface area contributed by atoms with Crippen molar-refractivity contribution >= 4 is 6.03 Å². The molecule has 2 unspecified atom stereocenters. The smallest absolute Gasteiger partial charge is 0.317 e. The van der Waals surface area contributed by atoms with Gasteiger partial charge in [0.2, 0.25) is 0 Å². The number of hydrogen-bond acceptors (Lipinski definition) is 3. The molecule has 0 radical (unpaired) electrons. The van der Waals surface area contributed by atoms with Crippen molar-refractivity contribution in [3.8, 4) is 5.75 Å². The van der Waals surface area contributed by atoms with Crippen LogP contribution in [0.25, 0.3) is 0 Å². The third kappa shape index (κ3) is 5.43. The van der Waals surface area contributed by atoms with Gasteiger partial charge in [-0.2, -0.15) is 0 Å². The summed E-state index contributed by atoms with van der Waals surface area (Å²) in [6.45, 7) is 3.82. The third-order valence-electron chi connectivity index (χ3n) is 4.37. The number of ether oxygens (including phenoxy) is 1. The average Bonchev–Trinajstić information content (AvgIpc) is 2.93. The molecule has 5 nitrogen and oxygen atoms in total. The van der Waals surface area contributed by atoms with Crippen LogP contribution in [0.4, 0.5) is 4.79 Å². The van der Waals surface area contributed by atoms with E-state index in [9.17, 15) is 9.90 Å². The number of carbonyl (C=O) groups excluding carboxylic acids is 1. The van der Waals surface area contributed by atoms with E-state index in [-0.39, 0.29) is 18.1 Å². The van der Waals surface area contributed by atoms with E-state index >= 15 is 0 Å². The topological polar surface area (TPSA) is 61.8 Å². The highest BCUT2D eigenvalue weighted by atomic mass is 16.5. The summed E-state index contributed by atoms with van der Waals surface area (Å²) in [7, 11) is 1.79. The third-order valence-corrected chi connectivity index (χ3v) is 4.37. The van der Waals surface area contributed by atoms with E-state index in [4.69, 9.17) is 4.74 Å². The Hall–Kier alpha value is -1.75. The number of nitrogens with zero attached hydrogens (tertiary/aromatic N) is 1. The predicted octanol–water partition coefficient (Wildman–Crippen LogP) is 2.43. The molecule has 5 heteroatoms. The van der Waals surface area contributed by atoms with Crippen LogP contribution in [0.5, 0.6) is 5.75 Å². The first-order valence-corrected chi connectivity index (χ1v) is 8.49. The van der Waals surface area contributed by atoms with Gasteiger partial charge in [0, 0.05) is 26.1 Å². The highest BCUT2D eigenvalue weighted by Crippen LogP contribution is 2.25. The van der Waals surface area contributed by atoms with Crippen LogP contribution in [0, 0.1) is 5.92 Å². The zero-order valence-corrected chi connectivity index (χ0v) is 14.1. The van der Waals surface area contributed by atoms with Crippen molar-refractivity contribution in [2.24, 2.45) is 5.92 Å². The number of nitrogens with one attached hydrogen (secondary N) is 1. The van der Waals surface area contributed by atoms with Gasteiger partial charge >= 0.3 is 6.03 Å². The molecule has 2 atom stereocenters. The number of hydrogen-bond donors (Lipinski definition) is 2. The molecule has 1 aromatic rings. The standard InChI is InChI=1S/C18H28N2O3/c1-3-23-16-8-4-6-14(12-16)10-11-19-18(22)20(2)13-15-7-5-9-17(15)21/h4,6,8,12,15,17,21H,3,5,7,9-11,13H2,1-2H3,(H,19,22). The summed E-state index contributed by atoms with van der Waals surface area (Å²) in [5, 5.41) is 12.8. The lowest BCUT2D eigenvalue weighted by Gasteiger charge is -2.23. The normalized spacial score (nSPS) is 20.3. The molecule has 1 saturated carbocycles. The van der Waals surface area contributed by atoms with Gasteiger partial charge in [-0.3, -0.25) is 0 Å². The van der Waals surface area contributed by atoms with Gasteiger partial charge in [0.15, 0.2) is 0 Å². The summed E-state index contributed by atoms with van der Waals surface area (Å²) in [5.41, 5.74) is 1.14. The van der Waals surface area contributed by atoms with Crippen LogP contribution in [-0.2, 0) is 6.42 Å². The molecule has 0 aromatic heterocycles.